The molecule has 1 fully saturated rings. The SMILES string of the molecule is CC1CNCCC1NC(=O)CCSc1ccccc1Br.Cl. The first-order valence-corrected chi connectivity index (χ1v) is 8.82. The first-order chi connectivity index (χ1) is 9.66. The first kappa shape index (κ1) is 18.8. The van der Waals surface area contributed by atoms with Crippen LogP contribution in [0.2, 0.25) is 0 Å². The maximum Gasteiger partial charge on any atom is 0.221 e. The molecule has 0 saturated carbocycles. The van der Waals surface area contributed by atoms with E-state index in [4.69, 9.17) is 0 Å². The zero-order valence-electron chi connectivity index (χ0n) is 12.1. The number of amides is 1. The second-order valence-electron chi connectivity index (χ2n) is 5.17. The quantitative estimate of drug-likeness (QED) is 0.753. The van der Waals surface area contributed by atoms with Crippen molar-refractivity contribution in [1.82, 2.24) is 10.6 Å². The van der Waals surface area contributed by atoms with E-state index in [2.05, 4.69) is 39.6 Å². The van der Waals surface area contributed by atoms with Gasteiger partial charge in [-0.05, 0) is 53.5 Å². The van der Waals surface area contributed by atoms with Crippen molar-refractivity contribution in [2.24, 2.45) is 5.92 Å². The second-order valence-corrected chi connectivity index (χ2v) is 7.16. The molecule has 2 atom stereocenters. The van der Waals surface area contributed by atoms with Crippen LogP contribution in [0, 0.1) is 5.92 Å². The van der Waals surface area contributed by atoms with E-state index >= 15 is 0 Å². The zero-order valence-corrected chi connectivity index (χ0v) is 15.3. The number of thioether (sulfide) groups is 1. The highest BCUT2D eigenvalue weighted by Crippen LogP contribution is 2.27. The van der Waals surface area contributed by atoms with Gasteiger partial charge in [-0.25, -0.2) is 0 Å². The van der Waals surface area contributed by atoms with Gasteiger partial charge in [-0.15, -0.1) is 24.2 Å². The first-order valence-electron chi connectivity index (χ1n) is 7.04. The van der Waals surface area contributed by atoms with Crippen LogP contribution < -0.4 is 10.6 Å². The minimum absolute atomic E-state index is 0. The van der Waals surface area contributed by atoms with E-state index in [0.29, 0.717) is 18.4 Å². The number of hydrogen-bond acceptors (Lipinski definition) is 3. The molecule has 6 heteroatoms. The van der Waals surface area contributed by atoms with Crippen LogP contribution in [0.1, 0.15) is 19.8 Å². The van der Waals surface area contributed by atoms with Gasteiger partial charge in [-0.2, -0.15) is 0 Å². The maximum atomic E-state index is 12.0. The van der Waals surface area contributed by atoms with E-state index in [0.717, 1.165) is 29.7 Å². The molecule has 0 aliphatic carbocycles. The topological polar surface area (TPSA) is 41.1 Å². The van der Waals surface area contributed by atoms with Crippen LogP contribution in [0.3, 0.4) is 0 Å². The summed E-state index contributed by atoms with van der Waals surface area (Å²) < 4.78 is 1.09. The van der Waals surface area contributed by atoms with Crippen molar-refractivity contribution in [1.29, 1.82) is 0 Å². The summed E-state index contributed by atoms with van der Waals surface area (Å²) in [7, 11) is 0. The number of carbonyl (C=O) groups is 1. The number of benzene rings is 1. The monoisotopic (exact) mass is 392 g/mol. The Morgan fingerprint density at radius 3 is 2.95 bits per heavy atom. The molecule has 0 radical (unpaired) electrons. The number of carbonyl (C=O) groups excluding carboxylic acids is 1. The molecule has 2 N–H and O–H groups in total. The molecule has 21 heavy (non-hydrogen) atoms. The van der Waals surface area contributed by atoms with Crippen LogP contribution in [0.25, 0.3) is 0 Å². The molecule has 0 spiro atoms. The lowest BCUT2D eigenvalue weighted by atomic mass is 9.95. The summed E-state index contributed by atoms with van der Waals surface area (Å²) in [4.78, 5) is 13.2. The summed E-state index contributed by atoms with van der Waals surface area (Å²) in [5.41, 5.74) is 0. The van der Waals surface area contributed by atoms with E-state index < -0.39 is 0 Å². The number of nitrogens with one attached hydrogen (secondary N) is 2. The van der Waals surface area contributed by atoms with Crippen molar-refractivity contribution >= 4 is 46.0 Å². The third-order valence-electron chi connectivity index (χ3n) is 3.56. The summed E-state index contributed by atoms with van der Waals surface area (Å²) in [5.74, 6) is 1.50. The minimum Gasteiger partial charge on any atom is -0.353 e. The van der Waals surface area contributed by atoms with Crippen LogP contribution >= 0.6 is 40.1 Å². The van der Waals surface area contributed by atoms with E-state index in [1.54, 1.807) is 11.8 Å². The van der Waals surface area contributed by atoms with Gasteiger partial charge in [-0.3, -0.25) is 4.79 Å². The van der Waals surface area contributed by atoms with E-state index in [1.807, 2.05) is 18.2 Å². The highest BCUT2D eigenvalue weighted by molar-refractivity contribution is 9.10. The maximum absolute atomic E-state index is 12.0. The predicted molar refractivity (Wildman–Crippen MR) is 95.3 cm³/mol. The Morgan fingerprint density at radius 1 is 1.48 bits per heavy atom. The van der Waals surface area contributed by atoms with Gasteiger partial charge in [0.05, 0.1) is 0 Å². The second kappa shape index (κ2) is 9.72. The van der Waals surface area contributed by atoms with Gasteiger partial charge in [-0.1, -0.05) is 19.1 Å². The predicted octanol–water partition coefficient (Wildman–Crippen LogP) is 3.47. The Balaban J connectivity index is 0.00000220. The molecule has 3 nitrogen and oxygen atoms in total. The van der Waals surface area contributed by atoms with Crippen molar-refractivity contribution in [2.45, 2.75) is 30.7 Å². The Hall–Kier alpha value is -0.230. The average molecular weight is 394 g/mol. The highest BCUT2D eigenvalue weighted by atomic mass is 79.9. The van der Waals surface area contributed by atoms with Gasteiger partial charge < -0.3 is 10.6 Å². The molecular weight excluding hydrogens is 372 g/mol. The Kier molecular flexibility index (Phi) is 8.71. The molecule has 0 aromatic heterocycles. The molecule has 1 aliphatic heterocycles. The number of piperidine rings is 1. The van der Waals surface area contributed by atoms with E-state index in [1.165, 1.54) is 4.90 Å². The average Bonchev–Trinajstić information content (AvgIpc) is 2.43. The molecular formula is C15H22BrClN2OS. The molecule has 1 saturated heterocycles. The molecule has 1 heterocycles. The normalized spacial score (nSPS) is 21.4. The lowest BCUT2D eigenvalue weighted by Crippen LogP contribution is -2.48. The Bertz CT molecular complexity index is 461. The molecule has 118 valence electrons. The molecule has 1 aromatic rings. The van der Waals surface area contributed by atoms with Gasteiger partial charge >= 0.3 is 0 Å². The number of halogens is 2. The van der Waals surface area contributed by atoms with Gasteiger partial charge in [0.1, 0.15) is 0 Å². The van der Waals surface area contributed by atoms with Crippen LogP contribution in [0.15, 0.2) is 33.6 Å². The molecule has 2 unspecified atom stereocenters. The van der Waals surface area contributed by atoms with Gasteiger partial charge in [0.15, 0.2) is 0 Å². The molecule has 2 rings (SSSR count). The Labute approximate surface area is 145 Å². The third kappa shape index (κ3) is 6.19. The van der Waals surface area contributed by atoms with Crippen molar-refractivity contribution in [3.63, 3.8) is 0 Å². The van der Waals surface area contributed by atoms with Crippen molar-refractivity contribution < 1.29 is 4.79 Å². The molecule has 1 aliphatic rings. The fourth-order valence-corrected chi connectivity index (χ4v) is 3.84. The minimum atomic E-state index is 0. The molecule has 0 bridgehead atoms. The molecule has 1 amide bonds. The largest absolute Gasteiger partial charge is 0.353 e. The zero-order chi connectivity index (χ0) is 14.4. The van der Waals surface area contributed by atoms with Crippen molar-refractivity contribution in [3.8, 4) is 0 Å². The van der Waals surface area contributed by atoms with Crippen LogP contribution in [-0.4, -0.2) is 30.8 Å². The van der Waals surface area contributed by atoms with Crippen molar-refractivity contribution in [2.75, 3.05) is 18.8 Å². The van der Waals surface area contributed by atoms with Gasteiger partial charge in [0.2, 0.25) is 5.91 Å². The summed E-state index contributed by atoms with van der Waals surface area (Å²) in [5, 5.41) is 6.51. The fourth-order valence-electron chi connectivity index (χ4n) is 2.32. The smallest absolute Gasteiger partial charge is 0.221 e. The number of rotatable bonds is 5. The van der Waals surface area contributed by atoms with E-state index in [-0.39, 0.29) is 18.3 Å². The lowest BCUT2D eigenvalue weighted by molar-refractivity contribution is -0.121. The van der Waals surface area contributed by atoms with Crippen molar-refractivity contribution in [3.05, 3.63) is 28.7 Å². The highest BCUT2D eigenvalue weighted by Gasteiger charge is 2.22. The Morgan fingerprint density at radius 2 is 2.24 bits per heavy atom. The summed E-state index contributed by atoms with van der Waals surface area (Å²) >= 11 is 5.24. The third-order valence-corrected chi connectivity index (χ3v) is 5.58. The van der Waals surface area contributed by atoms with Crippen LogP contribution in [0.4, 0.5) is 0 Å². The summed E-state index contributed by atoms with van der Waals surface area (Å²) in [6.07, 6.45) is 1.60. The fraction of sp³-hybridized carbons (Fsp3) is 0.533. The lowest BCUT2D eigenvalue weighted by Gasteiger charge is -2.30. The van der Waals surface area contributed by atoms with Gasteiger partial charge in [0, 0.05) is 27.6 Å². The van der Waals surface area contributed by atoms with Crippen LogP contribution in [0.5, 0.6) is 0 Å². The summed E-state index contributed by atoms with van der Waals surface area (Å²) in [6.45, 7) is 4.19. The van der Waals surface area contributed by atoms with Crippen LogP contribution in [-0.2, 0) is 4.79 Å². The van der Waals surface area contributed by atoms with Gasteiger partial charge in [0.25, 0.3) is 0 Å². The standard InChI is InChI=1S/C15H21BrN2OS.ClH/c1-11-10-17-8-6-13(11)18-15(19)7-9-20-14-5-3-2-4-12(14)16;/h2-5,11,13,17H,6-10H2,1H3,(H,18,19);1H. The summed E-state index contributed by atoms with van der Waals surface area (Å²) in [6, 6.07) is 8.45. The molecule has 1 aromatic carbocycles. The number of hydrogen-bond donors (Lipinski definition) is 2. The van der Waals surface area contributed by atoms with E-state index in [9.17, 15) is 4.79 Å².